The molecule has 3 aromatic rings. The van der Waals surface area contributed by atoms with Crippen molar-refractivity contribution in [2.75, 3.05) is 19.2 Å². The smallest absolute Gasteiger partial charge is 0.441 e. The Labute approximate surface area is 146 Å². The van der Waals surface area contributed by atoms with Gasteiger partial charge in [0.25, 0.3) is 0 Å². The number of nitrogens with one attached hydrogen (secondary N) is 2. The number of H-pyrrole nitrogens is 1. The minimum absolute atomic E-state index is 0.131. The molecule has 1 aliphatic rings. The van der Waals surface area contributed by atoms with Gasteiger partial charge in [0, 0.05) is 23.9 Å². The maximum absolute atomic E-state index is 12.6. The van der Waals surface area contributed by atoms with Gasteiger partial charge in [0.15, 0.2) is 11.5 Å². The monoisotopic (exact) mass is 356 g/mol. The summed E-state index contributed by atoms with van der Waals surface area (Å²) in [7, 11) is 1.55. The SMILES string of the molecule is COc1ccc(-[n+]2[nH]oc(=O)c2C(=O)Nc2ccc3c(c2)OCO3)cc1. The molecule has 1 aliphatic heterocycles. The van der Waals surface area contributed by atoms with Gasteiger partial charge in [-0.1, -0.05) is 0 Å². The standard InChI is InChI=1S/C17H13N3O6/c1-23-12-5-3-11(4-6-12)20-15(17(22)26-19-20)16(21)18-10-2-7-13-14(8-10)25-9-24-13/h2-8H,9H2,1H3,(H-,18,19,21,22)/p+1. The second kappa shape index (κ2) is 6.28. The summed E-state index contributed by atoms with van der Waals surface area (Å²) >= 11 is 0. The van der Waals surface area contributed by atoms with E-state index in [0.29, 0.717) is 28.6 Å². The van der Waals surface area contributed by atoms with Crippen LogP contribution >= 0.6 is 0 Å². The Balaban J connectivity index is 1.64. The normalized spacial score (nSPS) is 12.0. The number of nitrogens with zero attached hydrogens (tertiary/aromatic N) is 1. The second-order valence-corrected chi connectivity index (χ2v) is 5.39. The highest BCUT2D eigenvalue weighted by atomic mass is 16.7. The van der Waals surface area contributed by atoms with Crippen LogP contribution in [0.1, 0.15) is 10.5 Å². The van der Waals surface area contributed by atoms with Gasteiger partial charge in [-0.05, 0) is 34.2 Å². The molecule has 0 saturated heterocycles. The van der Waals surface area contributed by atoms with Crippen LogP contribution in [0.4, 0.5) is 5.69 Å². The Bertz CT molecular complexity index is 1020. The van der Waals surface area contributed by atoms with Crippen LogP contribution in [-0.4, -0.2) is 25.1 Å². The van der Waals surface area contributed by atoms with E-state index < -0.39 is 11.5 Å². The van der Waals surface area contributed by atoms with Crippen molar-refractivity contribution in [2.45, 2.75) is 0 Å². The van der Waals surface area contributed by atoms with E-state index in [4.69, 9.17) is 18.7 Å². The number of rotatable bonds is 4. The summed E-state index contributed by atoms with van der Waals surface area (Å²) < 4.78 is 21.6. The van der Waals surface area contributed by atoms with Gasteiger partial charge in [0.2, 0.25) is 12.5 Å². The number of carbonyl (C=O) groups is 1. The molecule has 1 aromatic heterocycles. The highest BCUT2D eigenvalue weighted by Crippen LogP contribution is 2.34. The maximum Gasteiger partial charge on any atom is 0.441 e. The number of hydrogen-bond acceptors (Lipinski definition) is 6. The van der Waals surface area contributed by atoms with Crippen molar-refractivity contribution in [2.24, 2.45) is 0 Å². The van der Waals surface area contributed by atoms with E-state index in [2.05, 4.69) is 10.6 Å². The number of carbonyl (C=O) groups excluding carboxylic acids is 1. The Kier molecular flexibility index (Phi) is 3.81. The molecule has 0 fully saturated rings. The minimum Gasteiger partial charge on any atom is -0.497 e. The first kappa shape index (κ1) is 15.8. The lowest BCUT2D eigenvalue weighted by molar-refractivity contribution is -0.672. The fourth-order valence-electron chi connectivity index (χ4n) is 2.54. The lowest BCUT2D eigenvalue weighted by Gasteiger charge is -2.03. The zero-order chi connectivity index (χ0) is 18.1. The number of aromatic nitrogens is 2. The molecule has 2 heterocycles. The van der Waals surface area contributed by atoms with Crippen molar-refractivity contribution < 1.29 is 28.2 Å². The second-order valence-electron chi connectivity index (χ2n) is 5.39. The quantitative estimate of drug-likeness (QED) is 0.681. The molecule has 26 heavy (non-hydrogen) atoms. The highest BCUT2D eigenvalue weighted by Gasteiger charge is 2.31. The predicted octanol–water partition coefficient (Wildman–Crippen LogP) is 1.23. The van der Waals surface area contributed by atoms with Gasteiger partial charge in [-0.3, -0.25) is 9.32 Å². The van der Waals surface area contributed by atoms with Crippen LogP contribution in [-0.2, 0) is 0 Å². The van der Waals surface area contributed by atoms with Crippen LogP contribution in [0.3, 0.4) is 0 Å². The topological polar surface area (TPSA) is 107 Å². The van der Waals surface area contributed by atoms with Crippen molar-refractivity contribution in [3.8, 4) is 22.9 Å². The first-order valence-electron chi connectivity index (χ1n) is 7.64. The Morgan fingerprint density at radius 2 is 1.92 bits per heavy atom. The first-order chi connectivity index (χ1) is 12.7. The van der Waals surface area contributed by atoms with E-state index >= 15 is 0 Å². The van der Waals surface area contributed by atoms with Gasteiger partial charge in [-0.25, -0.2) is 4.79 Å². The molecule has 0 saturated carbocycles. The number of hydrogen-bond donors (Lipinski definition) is 2. The number of fused-ring (bicyclic) bond motifs is 1. The molecule has 2 aromatic carbocycles. The average Bonchev–Trinajstić information content (AvgIpc) is 3.27. The van der Waals surface area contributed by atoms with Gasteiger partial charge in [0.1, 0.15) is 5.75 Å². The van der Waals surface area contributed by atoms with Crippen LogP contribution < -0.4 is 29.8 Å². The zero-order valence-corrected chi connectivity index (χ0v) is 13.6. The van der Waals surface area contributed by atoms with Gasteiger partial charge < -0.3 is 19.5 Å². The maximum atomic E-state index is 12.6. The molecular formula is C17H14N3O6+. The van der Waals surface area contributed by atoms with Crippen molar-refractivity contribution >= 4 is 11.6 Å². The molecule has 0 unspecified atom stereocenters. The van der Waals surface area contributed by atoms with E-state index in [1.807, 2.05) is 0 Å². The number of aromatic amines is 1. The molecule has 0 spiro atoms. The van der Waals surface area contributed by atoms with Crippen LogP contribution in [0.5, 0.6) is 17.2 Å². The number of benzene rings is 2. The molecule has 9 heteroatoms. The Morgan fingerprint density at radius 3 is 2.69 bits per heavy atom. The van der Waals surface area contributed by atoms with E-state index in [1.54, 1.807) is 49.6 Å². The highest BCUT2D eigenvalue weighted by molar-refractivity contribution is 6.01. The molecule has 0 bridgehead atoms. The molecule has 4 rings (SSSR count). The molecule has 0 radical (unpaired) electrons. The van der Waals surface area contributed by atoms with Gasteiger partial charge in [0.05, 0.1) is 7.11 Å². The van der Waals surface area contributed by atoms with Gasteiger partial charge in [-0.15, -0.1) is 0 Å². The number of ether oxygens (including phenoxy) is 3. The van der Waals surface area contributed by atoms with Crippen molar-refractivity contribution in [3.63, 3.8) is 0 Å². The average molecular weight is 356 g/mol. The van der Waals surface area contributed by atoms with E-state index in [9.17, 15) is 9.59 Å². The number of methoxy groups -OCH3 is 1. The summed E-state index contributed by atoms with van der Waals surface area (Å²) in [5.74, 6) is 1.13. The molecular weight excluding hydrogens is 342 g/mol. The van der Waals surface area contributed by atoms with Crippen LogP contribution in [0, 0.1) is 0 Å². The van der Waals surface area contributed by atoms with Gasteiger partial charge in [-0.2, -0.15) is 0 Å². The minimum atomic E-state index is -0.793. The van der Waals surface area contributed by atoms with Crippen molar-refractivity contribution in [3.05, 3.63) is 58.6 Å². The third kappa shape index (κ3) is 2.75. The van der Waals surface area contributed by atoms with Gasteiger partial charge >= 0.3 is 17.2 Å². The Hall–Kier alpha value is -3.75. The van der Waals surface area contributed by atoms with Crippen LogP contribution in [0.25, 0.3) is 5.69 Å². The third-order valence-corrected chi connectivity index (χ3v) is 3.82. The fraction of sp³-hybridized carbons (Fsp3) is 0.118. The van der Waals surface area contributed by atoms with Crippen LogP contribution in [0.15, 0.2) is 51.8 Å². The number of amides is 1. The first-order valence-corrected chi connectivity index (χ1v) is 7.64. The summed E-state index contributed by atoms with van der Waals surface area (Å²) in [6.07, 6.45) is 0. The molecule has 9 nitrogen and oxygen atoms in total. The molecule has 1 amide bonds. The summed E-state index contributed by atoms with van der Waals surface area (Å²) in [6, 6.07) is 11.7. The third-order valence-electron chi connectivity index (χ3n) is 3.82. The summed E-state index contributed by atoms with van der Waals surface area (Å²) in [4.78, 5) is 24.6. The van der Waals surface area contributed by atoms with Crippen molar-refractivity contribution in [1.82, 2.24) is 5.27 Å². The van der Waals surface area contributed by atoms with E-state index in [-0.39, 0.29) is 12.5 Å². The van der Waals surface area contributed by atoms with Crippen LogP contribution in [0.2, 0.25) is 0 Å². The summed E-state index contributed by atoms with van der Waals surface area (Å²) in [6.45, 7) is 0.131. The molecule has 132 valence electrons. The van der Waals surface area contributed by atoms with E-state index in [1.165, 1.54) is 4.68 Å². The molecule has 0 atom stereocenters. The zero-order valence-electron chi connectivity index (χ0n) is 13.6. The fourth-order valence-corrected chi connectivity index (χ4v) is 2.54. The summed E-state index contributed by atoms with van der Waals surface area (Å²) in [5.41, 5.74) is 0.000475. The largest absolute Gasteiger partial charge is 0.497 e. The Morgan fingerprint density at radius 1 is 1.15 bits per heavy atom. The lowest BCUT2D eigenvalue weighted by Crippen LogP contribution is -2.42. The van der Waals surface area contributed by atoms with Crippen molar-refractivity contribution in [1.29, 1.82) is 0 Å². The number of anilines is 1. The molecule has 0 aliphatic carbocycles. The lowest BCUT2D eigenvalue weighted by atomic mass is 10.2. The van der Waals surface area contributed by atoms with E-state index in [0.717, 1.165) is 0 Å². The summed E-state index contributed by atoms with van der Waals surface area (Å²) in [5, 5.41) is 5.07. The molecule has 2 N–H and O–H groups in total. The predicted molar refractivity (Wildman–Crippen MR) is 87.9 cm³/mol.